The van der Waals surface area contributed by atoms with Crippen LogP contribution in [0.3, 0.4) is 0 Å². The Morgan fingerprint density at radius 3 is 2.34 bits per heavy atom. The van der Waals surface area contributed by atoms with Crippen LogP contribution in [0.2, 0.25) is 0 Å². The van der Waals surface area contributed by atoms with Gasteiger partial charge in [0.25, 0.3) is 10.1 Å². The summed E-state index contributed by atoms with van der Waals surface area (Å²) in [6.45, 7) is -4.67. The van der Waals surface area contributed by atoms with Crippen molar-refractivity contribution in [1.29, 1.82) is 0 Å². The van der Waals surface area contributed by atoms with Gasteiger partial charge in [-0.1, -0.05) is 0 Å². The summed E-state index contributed by atoms with van der Waals surface area (Å²) in [6.07, 6.45) is -5.49. The van der Waals surface area contributed by atoms with Gasteiger partial charge in [-0.3, -0.25) is 17.8 Å². The Balaban J connectivity index is 1.17. The molecule has 3 fully saturated rings. The molecule has 22 heteroatoms. The molecule has 9 atom stereocenters. The van der Waals surface area contributed by atoms with Gasteiger partial charge in [0.1, 0.15) is 47.9 Å². The minimum Gasteiger partial charge on any atom is -0.397 e. The molecule has 236 valence electrons. The van der Waals surface area contributed by atoms with Crippen LogP contribution in [0.15, 0.2) is 31.2 Å². The van der Waals surface area contributed by atoms with Gasteiger partial charge in [0, 0.05) is 6.20 Å². The number of aliphatic hydroxyl groups excluding tert-OH is 2. The number of ether oxygens (including phenoxy) is 2. The molecule has 0 aromatic carbocycles. The second kappa shape index (κ2) is 10.8. The monoisotopic (exact) mass is 671 g/mol. The molecule has 4 aromatic rings. The molecular formula is C22H26N9O10PS2. The SMILES string of the molecule is Nc1ccnc2c1ncn2[C@@H]1O[C@@H]2CCS(=O)(=O)O[C@H]3[C@@H](O)[C@H](n4cnc5c(N)ncnc54)O[C@@H]3COP(O)(=S)O[C@H]2[C@H]1O. The van der Waals surface area contributed by atoms with Gasteiger partial charge in [0.2, 0.25) is 0 Å². The molecule has 3 saturated heterocycles. The maximum atomic E-state index is 13.2. The predicted octanol–water partition coefficient (Wildman–Crippen LogP) is -1.31. The maximum absolute atomic E-state index is 13.2. The van der Waals surface area contributed by atoms with Gasteiger partial charge >= 0.3 is 6.72 Å². The molecule has 0 amide bonds. The van der Waals surface area contributed by atoms with Crippen LogP contribution in [0.4, 0.5) is 11.5 Å². The smallest absolute Gasteiger partial charge is 0.325 e. The molecule has 19 nitrogen and oxygen atoms in total. The molecular weight excluding hydrogens is 645 g/mol. The predicted molar refractivity (Wildman–Crippen MR) is 152 cm³/mol. The van der Waals surface area contributed by atoms with E-state index >= 15 is 0 Å². The number of hydrogen-bond donors (Lipinski definition) is 5. The van der Waals surface area contributed by atoms with Gasteiger partial charge in [-0.2, -0.15) is 8.42 Å². The van der Waals surface area contributed by atoms with E-state index in [9.17, 15) is 23.5 Å². The molecule has 7 heterocycles. The molecule has 44 heavy (non-hydrogen) atoms. The number of pyridine rings is 1. The molecule has 3 aliphatic rings. The first-order chi connectivity index (χ1) is 20.9. The minimum absolute atomic E-state index is 0.0897. The van der Waals surface area contributed by atoms with Crippen LogP contribution in [-0.2, 0) is 44.6 Å². The first kappa shape index (κ1) is 29.7. The van der Waals surface area contributed by atoms with E-state index in [0.29, 0.717) is 16.9 Å². The lowest BCUT2D eigenvalue weighted by Gasteiger charge is -2.28. The number of fused-ring (bicyclic) bond motifs is 4. The molecule has 7 N–H and O–H groups in total. The third-order valence-electron chi connectivity index (χ3n) is 7.61. The van der Waals surface area contributed by atoms with E-state index in [1.807, 2.05) is 0 Å². The van der Waals surface area contributed by atoms with Gasteiger partial charge < -0.3 is 40.6 Å². The molecule has 7 rings (SSSR count). The van der Waals surface area contributed by atoms with E-state index in [0.717, 1.165) is 0 Å². The average Bonchev–Trinajstić information content (AvgIpc) is 3.73. The summed E-state index contributed by atoms with van der Waals surface area (Å²) in [6, 6.07) is 1.56. The Labute approximate surface area is 253 Å². The lowest BCUT2D eigenvalue weighted by atomic mass is 10.1. The van der Waals surface area contributed by atoms with E-state index in [2.05, 4.69) is 24.9 Å². The number of aromatic nitrogens is 7. The minimum atomic E-state index is -4.35. The topological polar surface area (TPSA) is 267 Å². The number of nitrogens with two attached hydrogens (primary N) is 2. The lowest BCUT2D eigenvalue weighted by molar-refractivity contribution is -0.0515. The van der Waals surface area contributed by atoms with Crippen LogP contribution in [-0.4, -0.2) is 107 Å². The Bertz CT molecular complexity index is 1890. The molecule has 0 saturated carbocycles. The highest BCUT2D eigenvalue weighted by Crippen LogP contribution is 2.50. The fraction of sp³-hybridized carbons (Fsp3) is 0.500. The van der Waals surface area contributed by atoms with Crippen LogP contribution < -0.4 is 11.5 Å². The van der Waals surface area contributed by atoms with Gasteiger partial charge in [-0.05, 0) is 24.3 Å². The van der Waals surface area contributed by atoms with E-state index in [1.54, 1.807) is 6.07 Å². The van der Waals surface area contributed by atoms with E-state index in [1.165, 1.54) is 34.3 Å². The fourth-order valence-electron chi connectivity index (χ4n) is 5.54. The van der Waals surface area contributed by atoms with Gasteiger partial charge in [-0.15, -0.1) is 0 Å². The summed E-state index contributed by atoms with van der Waals surface area (Å²) >= 11 is 5.24. The van der Waals surface area contributed by atoms with Crippen LogP contribution in [0, 0.1) is 0 Å². The molecule has 0 aliphatic carbocycles. The number of hydrogen-bond acceptors (Lipinski definition) is 17. The van der Waals surface area contributed by atoms with Crippen molar-refractivity contribution in [1.82, 2.24) is 34.1 Å². The van der Waals surface area contributed by atoms with Crippen LogP contribution >= 0.6 is 6.72 Å². The van der Waals surface area contributed by atoms with Gasteiger partial charge in [-0.25, -0.2) is 24.9 Å². The Kier molecular flexibility index (Phi) is 7.33. The zero-order chi connectivity index (χ0) is 31.0. The Morgan fingerprint density at radius 1 is 0.932 bits per heavy atom. The second-order valence-corrected chi connectivity index (χ2v) is 14.9. The van der Waals surface area contributed by atoms with Crippen molar-refractivity contribution in [3.8, 4) is 0 Å². The van der Waals surface area contributed by atoms with Crippen LogP contribution in [0.1, 0.15) is 18.9 Å². The van der Waals surface area contributed by atoms with Crippen molar-refractivity contribution in [2.75, 3.05) is 23.8 Å². The van der Waals surface area contributed by atoms with Crippen LogP contribution in [0.25, 0.3) is 22.3 Å². The third-order valence-corrected chi connectivity index (χ3v) is 10.4. The summed E-state index contributed by atoms with van der Waals surface area (Å²) < 4.78 is 57.9. The van der Waals surface area contributed by atoms with Crippen molar-refractivity contribution in [2.45, 2.75) is 55.5 Å². The number of anilines is 2. The lowest BCUT2D eigenvalue weighted by Crippen LogP contribution is -2.40. The first-order valence-electron chi connectivity index (χ1n) is 13.2. The number of aliphatic hydroxyl groups is 2. The van der Waals surface area contributed by atoms with Crippen molar-refractivity contribution in [3.05, 3.63) is 31.2 Å². The number of nitrogens with zero attached hydrogens (tertiary/aromatic N) is 7. The first-order valence-corrected chi connectivity index (χ1v) is 17.3. The highest BCUT2D eigenvalue weighted by Gasteiger charge is 2.52. The standard InChI is InChI=1S/C22H26N9O10PS2/c23-9-1-3-25-19-12(9)28-7-30(19)21-14(32)16-10(38-21)2-4-44(35,36)41-17-11(5-37-42(34,43)40-16)39-22(15(17)33)31-8-29-13-18(24)26-6-27-20(13)31/h1,3,6-8,10-11,14-17,21-22,32-33H,2,4-5H2,(H2,23,25)(H,34,43)(H2,24,26,27)/t10-,11-,14-,15-,16-,17-,21-,22-,42?/m1/s1. The quantitative estimate of drug-likeness (QED) is 0.122. The summed E-state index contributed by atoms with van der Waals surface area (Å²) in [5.74, 6) is -0.521. The van der Waals surface area contributed by atoms with Crippen molar-refractivity contribution >= 4 is 62.5 Å². The molecule has 0 spiro atoms. The molecule has 4 aromatic heterocycles. The average molecular weight is 672 g/mol. The zero-order valence-electron chi connectivity index (χ0n) is 22.4. The largest absolute Gasteiger partial charge is 0.397 e. The van der Waals surface area contributed by atoms with Gasteiger partial charge in [0.15, 0.2) is 29.6 Å². The maximum Gasteiger partial charge on any atom is 0.325 e. The Morgan fingerprint density at radius 2 is 1.59 bits per heavy atom. The Hall–Kier alpha value is -2.95. The molecule has 1 unspecified atom stereocenters. The summed E-state index contributed by atoms with van der Waals surface area (Å²) in [5.41, 5.74) is 13.3. The molecule has 3 aliphatic heterocycles. The zero-order valence-corrected chi connectivity index (χ0v) is 24.9. The van der Waals surface area contributed by atoms with Crippen molar-refractivity contribution < 1.29 is 46.2 Å². The number of nitrogen functional groups attached to an aromatic ring is 2. The van der Waals surface area contributed by atoms with E-state index < -0.39 is 78.3 Å². The van der Waals surface area contributed by atoms with E-state index in [-0.39, 0.29) is 23.4 Å². The summed E-state index contributed by atoms with van der Waals surface area (Å²) in [5, 5.41) is 22.5. The number of imidazole rings is 2. The van der Waals surface area contributed by atoms with Crippen LogP contribution in [0.5, 0.6) is 0 Å². The summed E-state index contributed by atoms with van der Waals surface area (Å²) in [4.78, 5) is 31.6. The van der Waals surface area contributed by atoms with Crippen molar-refractivity contribution in [3.63, 3.8) is 0 Å². The second-order valence-electron chi connectivity index (χ2n) is 10.4. The van der Waals surface area contributed by atoms with Gasteiger partial charge in [0.05, 0.1) is 36.8 Å². The third kappa shape index (κ3) is 5.12. The molecule has 0 bridgehead atoms. The summed E-state index contributed by atoms with van der Waals surface area (Å²) in [7, 11) is -4.35. The fourth-order valence-corrected chi connectivity index (χ4v) is 8.18. The van der Waals surface area contributed by atoms with Crippen molar-refractivity contribution in [2.24, 2.45) is 0 Å². The normalized spacial score (nSPS) is 36.1. The highest BCUT2D eigenvalue weighted by atomic mass is 32.5. The van der Waals surface area contributed by atoms with E-state index in [4.69, 9.17) is 46.0 Å². The number of rotatable bonds is 2. The molecule has 0 radical (unpaired) electrons. The highest BCUT2D eigenvalue weighted by molar-refractivity contribution is 8.07.